The highest BCUT2D eigenvalue weighted by Crippen LogP contribution is 2.10. The highest BCUT2D eigenvalue weighted by atomic mass is 16.5. The fourth-order valence-corrected chi connectivity index (χ4v) is 1.23. The van der Waals surface area contributed by atoms with Crippen molar-refractivity contribution in [2.75, 3.05) is 0 Å². The van der Waals surface area contributed by atoms with Crippen molar-refractivity contribution in [2.24, 2.45) is 0 Å². The summed E-state index contributed by atoms with van der Waals surface area (Å²) in [6.45, 7) is 2.49. The predicted octanol–water partition coefficient (Wildman–Crippen LogP) is 2.77. The lowest BCUT2D eigenvalue weighted by Gasteiger charge is -2.04. The number of aromatic nitrogens is 1. The quantitative estimate of drug-likeness (QED) is 0.756. The first-order valence-corrected chi connectivity index (χ1v) is 4.86. The Balaban J connectivity index is 1.96. The summed E-state index contributed by atoms with van der Waals surface area (Å²) in [6, 6.07) is 13.8. The van der Waals surface area contributed by atoms with Crippen LogP contribution in [0.15, 0.2) is 42.5 Å². The number of hydrogen-bond acceptors (Lipinski definition) is 2. The Morgan fingerprint density at radius 1 is 1.13 bits per heavy atom. The van der Waals surface area contributed by atoms with E-state index < -0.39 is 0 Å². The minimum atomic E-state index is 0.558. The zero-order valence-electron chi connectivity index (χ0n) is 8.60. The summed E-state index contributed by atoms with van der Waals surface area (Å²) in [5, 5.41) is 0. The molecule has 1 heterocycles. The van der Waals surface area contributed by atoms with Gasteiger partial charge < -0.3 is 4.74 Å². The molecule has 1 aromatic carbocycles. The van der Waals surface area contributed by atoms with Crippen LogP contribution >= 0.6 is 0 Å². The first kappa shape index (κ1) is 9.71. The predicted molar refractivity (Wildman–Crippen MR) is 58.6 cm³/mol. The molecular weight excluding hydrogens is 186 g/mol. The maximum atomic E-state index is 5.53. The molecule has 0 amide bonds. The first-order valence-electron chi connectivity index (χ1n) is 4.86. The lowest BCUT2D eigenvalue weighted by molar-refractivity contribution is 0.304. The molecule has 0 unspecified atom stereocenters. The van der Waals surface area contributed by atoms with Gasteiger partial charge in [-0.3, -0.25) is 0 Å². The number of ether oxygens (including phenoxy) is 1. The van der Waals surface area contributed by atoms with Gasteiger partial charge in [0.05, 0.1) is 0 Å². The summed E-state index contributed by atoms with van der Waals surface area (Å²) in [4.78, 5) is 4.04. The number of aryl methyl sites for hydroxylation is 1. The van der Waals surface area contributed by atoms with Crippen molar-refractivity contribution in [1.82, 2.24) is 4.98 Å². The maximum Gasteiger partial charge on any atom is 0.147 e. The van der Waals surface area contributed by atoms with Gasteiger partial charge in [-0.25, -0.2) is 4.98 Å². The number of pyridine rings is 1. The van der Waals surface area contributed by atoms with E-state index in [2.05, 4.69) is 11.2 Å². The lowest BCUT2D eigenvalue weighted by atomic mass is 10.2. The van der Waals surface area contributed by atoms with Crippen molar-refractivity contribution >= 4 is 0 Å². The van der Waals surface area contributed by atoms with Crippen LogP contribution in [0.1, 0.15) is 11.3 Å². The second kappa shape index (κ2) is 4.60. The molecule has 0 aliphatic carbocycles. The summed E-state index contributed by atoms with van der Waals surface area (Å²) in [7, 11) is 0. The van der Waals surface area contributed by atoms with E-state index in [0.717, 1.165) is 11.3 Å². The molecule has 2 aromatic rings. The van der Waals surface area contributed by atoms with Gasteiger partial charge in [-0.05, 0) is 24.6 Å². The maximum absolute atomic E-state index is 5.53. The molecular formula is C13H12NO. The van der Waals surface area contributed by atoms with E-state index in [4.69, 9.17) is 4.74 Å². The molecule has 0 atom stereocenters. The van der Waals surface area contributed by atoms with Gasteiger partial charge in [-0.1, -0.05) is 30.3 Å². The molecule has 75 valence electrons. The fraction of sp³-hybridized carbons (Fsp3) is 0.154. The molecule has 0 saturated heterocycles. The van der Waals surface area contributed by atoms with E-state index in [-0.39, 0.29) is 0 Å². The molecule has 0 aliphatic rings. The smallest absolute Gasteiger partial charge is 0.147 e. The molecule has 15 heavy (non-hydrogen) atoms. The molecule has 0 fully saturated rings. The van der Waals surface area contributed by atoms with Crippen LogP contribution in [0.2, 0.25) is 0 Å². The Morgan fingerprint density at radius 2 is 1.93 bits per heavy atom. The number of benzene rings is 1. The Hall–Kier alpha value is -1.83. The van der Waals surface area contributed by atoms with Gasteiger partial charge in [0.15, 0.2) is 0 Å². The van der Waals surface area contributed by atoms with Gasteiger partial charge in [0.2, 0.25) is 0 Å². The van der Waals surface area contributed by atoms with Crippen LogP contribution in [-0.2, 0) is 6.61 Å². The van der Waals surface area contributed by atoms with Crippen molar-refractivity contribution in [3.63, 3.8) is 0 Å². The average molecular weight is 198 g/mol. The second-order valence-electron chi connectivity index (χ2n) is 3.34. The second-order valence-corrected chi connectivity index (χ2v) is 3.34. The summed E-state index contributed by atoms with van der Waals surface area (Å²) in [5.41, 5.74) is 2.09. The molecule has 0 bridgehead atoms. The van der Waals surface area contributed by atoms with Gasteiger partial charge in [0.1, 0.15) is 18.6 Å². The summed E-state index contributed by atoms with van der Waals surface area (Å²) in [6.07, 6.45) is 2.83. The summed E-state index contributed by atoms with van der Waals surface area (Å²) >= 11 is 0. The number of hydrogen-bond donors (Lipinski definition) is 0. The molecule has 2 nitrogen and oxygen atoms in total. The van der Waals surface area contributed by atoms with E-state index in [0.29, 0.717) is 12.4 Å². The summed E-state index contributed by atoms with van der Waals surface area (Å²) < 4.78 is 5.53. The lowest BCUT2D eigenvalue weighted by Crippen LogP contribution is -1.95. The number of rotatable bonds is 3. The van der Waals surface area contributed by atoms with E-state index in [1.54, 1.807) is 0 Å². The minimum Gasteiger partial charge on any atom is -0.487 e. The van der Waals surface area contributed by atoms with Crippen LogP contribution in [0.5, 0.6) is 5.75 Å². The van der Waals surface area contributed by atoms with Crippen LogP contribution in [0.25, 0.3) is 0 Å². The zero-order chi connectivity index (χ0) is 10.5. The average Bonchev–Trinajstić information content (AvgIpc) is 2.30. The van der Waals surface area contributed by atoms with Crippen LogP contribution < -0.4 is 4.74 Å². The Morgan fingerprint density at radius 3 is 2.60 bits per heavy atom. The van der Waals surface area contributed by atoms with E-state index >= 15 is 0 Å². The molecule has 2 rings (SSSR count). The Kier molecular flexibility index (Phi) is 2.98. The highest BCUT2D eigenvalue weighted by molar-refractivity contribution is 5.19. The van der Waals surface area contributed by atoms with Crippen molar-refractivity contribution in [2.45, 2.75) is 13.5 Å². The third-order valence-corrected chi connectivity index (χ3v) is 2.06. The summed E-state index contributed by atoms with van der Waals surface area (Å²) in [5.74, 6) is 0.685. The highest BCUT2D eigenvalue weighted by Gasteiger charge is 1.95. The van der Waals surface area contributed by atoms with Crippen molar-refractivity contribution in [3.8, 4) is 5.75 Å². The standard InChI is InChI=1S/C13H12NO/c1-11-7-8-13(9-14-11)15-10-12-5-3-2-4-6-12/h2-8H,10H2,1H3. The van der Waals surface area contributed by atoms with E-state index in [1.165, 1.54) is 0 Å². The fourth-order valence-electron chi connectivity index (χ4n) is 1.23. The molecule has 1 radical (unpaired) electrons. The number of nitrogens with zero attached hydrogens (tertiary/aromatic N) is 1. The van der Waals surface area contributed by atoms with Crippen LogP contribution in [0.3, 0.4) is 0 Å². The van der Waals surface area contributed by atoms with Gasteiger partial charge in [0, 0.05) is 5.69 Å². The first-order chi connectivity index (χ1) is 7.34. The molecule has 1 aromatic heterocycles. The van der Waals surface area contributed by atoms with Gasteiger partial charge in [-0.2, -0.15) is 0 Å². The third kappa shape index (κ3) is 2.81. The van der Waals surface area contributed by atoms with Crippen LogP contribution in [0, 0.1) is 13.1 Å². The molecule has 0 spiro atoms. The monoisotopic (exact) mass is 198 g/mol. The topological polar surface area (TPSA) is 22.1 Å². The molecule has 0 saturated carbocycles. The molecule has 0 aliphatic heterocycles. The largest absolute Gasteiger partial charge is 0.487 e. The van der Waals surface area contributed by atoms with Gasteiger partial charge in [0.25, 0.3) is 0 Å². The van der Waals surface area contributed by atoms with Crippen molar-refractivity contribution in [3.05, 3.63) is 59.9 Å². The normalized spacial score (nSPS) is 9.93. The molecule has 2 heteroatoms. The van der Waals surface area contributed by atoms with Gasteiger partial charge in [-0.15, -0.1) is 0 Å². The SMILES string of the molecule is Cc1ccc(OCc2ccccc2)[c]n1. The zero-order valence-corrected chi connectivity index (χ0v) is 8.60. The van der Waals surface area contributed by atoms with E-state index in [9.17, 15) is 0 Å². The van der Waals surface area contributed by atoms with Crippen LogP contribution in [-0.4, -0.2) is 4.98 Å². The van der Waals surface area contributed by atoms with E-state index in [1.807, 2.05) is 49.4 Å². The van der Waals surface area contributed by atoms with Crippen LogP contribution in [0.4, 0.5) is 0 Å². The minimum absolute atomic E-state index is 0.558. The Bertz CT molecular complexity index is 408. The Labute approximate surface area is 89.6 Å². The molecule has 0 N–H and O–H groups in total. The van der Waals surface area contributed by atoms with Crippen molar-refractivity contribution in [1.29, 1.82) is 0 Å². The van der Waals surface area contributed by atoms with Gasteiger partial charge >= 0.3 is 0 Å². The van der Waals surface area contributed by atoms with Crippen molar-refractivity contribution < 1.29 is 4.74 Å². The third-order valence-electron chi connectivity index (χ3n) is 2.06.